The van der Waals surface area contributed by atoms with Gasteiger partial charge in [0.15, 0.2) is 0 Å². The van der Waals surface area contributed by atoms with Crippen molar-refractivity contribution >= 4 is 5.97 Å². The molecule has 0 unspecified atom stereocenters. The average molecular weight is 832 g/mol. The van der Waals surface area contributed by atoms with Gasteiger partial charge in [-0.25, -0.2) is 0 Å². The standard InChI is InChI=1S/C57H114O2/c1-2-3-4-5-6-7-8-9-10-11-12-13-14-15-16-17-18-19-20-21-22-23-24-25-26-27-28-29-30-31-32-33-34-35-36-37-38-39-40-41-42-43-44-45-46-47-48-49-50-51-52-53-54-55-56-57(58)59/h2-56H2,1H3,(H,58,59). The minimum atomic E-state index is -0.646. The van der Waals surface area contributed by atoms with Crippen LogP contribution in [-0.2, 0) is 4.79 Å². The van der Waals surface area contributed by atoms with E-state index in [-0.39, 0.29) is 0 Å². The zero-order valence-corrected chi connectivity index (χ0v) is 41.2. The van der Waals surface area contributed by atoms with Gasteiger partial charge in [0.1, 0.15) is 0 Å². The van der Waals surface area contributed by atoms with Crippen molar-refractivity contribution in [1.82, 2.24) is 0 Å². The molecule has 0 bridgehead atoms. The topological polar surface area (TPSA) is 37.3 Å². The smallest absolute Gasteiger partial charge is 0.303 e. The summed E-state index contributed by atoms with van der Waals surface area (Å²) in [6.07, 6.45) is 78.3. The Balaban J connectivity index is 3.06. The molecule has 2 heteroatoms. The lowest BCUT2D eigenvalue weighted by atomic mass is 10.0. The molecular formula is C57H114O2. The Hall–Kier alpha value is -0.530. The van der Waals surface area contributed by atoms with E-state index in [2.05, 4.69) is 6.92 Å². The van der Waals surface area contributed by atoms with E-state index < -0.39 is 5.97 Å². The first-order valence-electron chi connectivity index (χ1n) is 28.5. The predicted octanol–water partition coefficient (Wildman–Crippen LogP) is 21.5. The lowest BCUT2D eigenvalue weighted by Crippen LogP contribution is -1.93. The van der Waals surface area contributed by atoms with Crippen LogP contribution in [0.2, 0.25) is 0 Å². The summed E-state index contributed by atoms with van der Waals surface area (Å²) in [5.74, 6) is -0.646. The van der Waals surface area contributed by atoms with Gasteiger partial charge in [0.2, 0.25) is 0 Å². The van der Waals surface area contributed by atoms with Crippen LogP contribution in [0.3, 0.4) is 0 Å². The van der Waals surface area contributed by atoms with E-state index in [9.17, 15) is 4.79 Å². The fourth-order valence-corrected chi connectivity index (χ4v) is 9.54. The molecule has 0 spiro atoms. The van der Waals surface area contributed by atoms with E-state index >= 15 is 0 Å². The van der Waals surface area contributed by atoms with E-state index in [4.69, 9.17) is 5.11 Å². The zero-order valence-electron chi connectivity index (χ0n) is 41.2. The maximum atomic E-state index is 10.5. The van der Waals surface area contributed by atoms with E-state index in [0.717, 1.165) is 12.8 Å². The molecule has 0 aliphatic carbocycles. The van der Waals surface area contributed by atoms with Crippen molar-refractivity contribution in [2.24, 2.45) is 0 Å². The predicted molar refractivity (Wildman–Crippen MR) is 267 cm³/mol. The van der Waals surface area contributed by atoms with E-state index in [1.165, 1.54) is 334 Å². The van der Waals surface area contributed by atoms with E-state index in [1.807, 2.05) is 0 Å². The molecule has 2 nitrogen and oxygen atoms in total. The van der Waals surface area contributed by atoms with Crippen molar-refractivity contribution in [3.63, 3.8) is 0 Å². The molecule has 0 saturated heterocycles. The van der Waals surface area contributed by atoms with Crippen molar-refractivity contribution in [2.45, 2.75) is 360 Å². The molecule has 354 valence electrons. The van der Waals surface area contributed by atoms with Gasteiger partial charge >= 0.3 is 5.97 Å². The van der Waals surface area contributed by atoms with Gasteiger partial charge in [-0.2, -0.15) is 0 Å². The minimum absolute atomic E-state index is 0.347. The SMILES string of the molecule is CCCCCCCCCCCCCCCCCCCCCCCCCCCCCCCCCCCCCCCCCCCCCCCCCCCCCCCCC(=O)O. The Morgan fingerprint density at radius 3 is 0.407 bits per heavy atom. The number of unbranched alkanes of at least 4 members (excludes halogenated alkanes) is 53. The highest BCUT2D eigenvalue weighted by Gasteiger charge is 2.00. The van der Waals surface area contributed by atoms with Crippen molar-refractivity contribution < 1.29 is 9.90 Å². The first kappa shape index (κ1) is 58.5. The molecule has 0 heterocycles. The number of carboxylic acid groups (broad SMARTS) is 1. The molecule has 0 aliphatic rings. The lowest BCUT2D eigenvalue weighted by molar-refractivity contribution is -0.137. The van der Waals surface area contributed by atoms with E-state index in [0.29, 0.717) is 6.42 Å². The molecule has 0 atom stereocenters. The molecular weight excluding hydrogens is 717 g/mol. The molecule has 0 aromatic heterocycles. The largest absolute Gasteiger partial charge is 0.481 e. The van der Waals surface area contributed by atoms with Crippen molar-refractivity contribution in [1.29, 1.82) is 0 Å². The van der Waals surface area contributed by atoms with Crippen molar-refractivity contribution in [3.05, 3.63) is 0 Å². The number of carboxylic acids is 1. The van der Waals surface area contributed by atoms with Gasteiger partial charge in [-0.05, 0) is 6.42 Å². The molecule has 59 heavy (non-hydrogen) atoms. The molecule has 0 amide bonds. The van der Waals surface area contributed by atoms with Crippen molar-refractivity contribution in [2.75, 3.05) is 0 Å². The molecule has 0 aromatic carbocycles. The first-order valence-corrected chi connectivity index (χ1v) is 28.5. The van der Waals surface area contributed by atoms with Gasteiger partial charge < -0.3 is 5.11 Å². The van der Waals surface area contributed by atoms with Crippen molar-refractivity contribution in [3.8, 4) is 0 Å². The van der Waals surface area contributed by atoms with Crippen LogP contribution in [0, 0.1) is 0 Å². The minimum Gasteiger partial charge on any atom is -0.481 e. The number of aliphatic carboxylic acids is 1. The second-order valence-corrected chi connectivity index (χ2v) is 19.9. The second kappa shape index (κ2) is 55.5. The lowest BCUT2D eigenvalue weighted by Gasteiger charge is -2.05. The van der Waals surface area contributed by atoms with E-state index in [1.54, 1.807) is 0 Å². The molecule has 0 aliphatic heterocycles. The summed E-state index contributed by atoms with van der Waals surface area (Å²) in [6, 6.07) is 0. The molecule has 1 N–H and O–H groups in total. The molecule has 0 rings (SSSR count). The monoisotopic (exact) mass is 831 g/mol. The molecule has 0 saturated carbocycles. The summed E-state index contributed by atoms with van der Waals surface area (Å²) in [5.41, 5.74) is 0. The van der Waals surface area contributed by atoms with Gasteiger partial charge in [0.05, 0.1) is 0 Å². The average Bonchev–Trinajstić information content (AvgIpc) is 3.23. The fraction of sp³-hybridized carbons (Fsp3) is 0.982. The number of rotatable bonds is 55. The Labute approximate surface area is 374 Å². The van der Waals surface area contributed by atoms with Gasteiger partial charge in [0.25, 0.3) is 0 Å². The molecule has 0 fully saturated rings. The Morgan fingerprint density at radius 1 is 0.203 bits per heavy atom. The Morgan fingerprint density at radius 2 is 0.305 bits per heavy atom. The summed E-state index contributed by atoms with van der Waals surface area (Å²) < 4.78 is 0. The summed E-state index contributed by atoms with van der Waals surface area (Å²) in [4.78, 5) is 10.5. The van der Waals surface area contributed by atoms with Crippen LogP contribution in [0.15, 0.2) is 0 Å². The number of hydrogen-bond donors (Lipinski definition) is 1. The van der Waals surface area contributed by atoms with Crippen LogP contribution >= 0.6 is 0 Å². The maximum Gasteiger partial charge on any atom is 0.303 e. The van der Waals surface area contributed by atoms with Gasteiger partial charge in [-0.1, -0.05) is 347 Å². The normalized spacial score (nSPS) is 11.6. The quantitative estimate of drug-likeness (QED) is 0.0620. The zero-order chi connectivity index (χ0) is 42.5. The third-order valence-electron chi connectivity index (χ3n) is 13.7. The third-order valence-corrected chi connectivity index (χ3v) is 13.7. The van der Waals surface area contributed by atoms with Crippen LogP contribution in [0.25, 0.3) is 0 Å². The first-order chi connectivity index (χ1) is 29.3. The summed E-state index contributed by atoms with van der Waals surface area (Å²) in [5, 5.41) is 8.67. The summed E-state index contributed by atoms with van der Waals surface area (Å²) >= 11 is 0. The van der Waals surface area contributed by atoms with Crippen LogP contribution in [-0.4, -0.2) is 11.1 Å². The van der Waals surface area contributed by atoms with Crippen LogP contribution in [0.4, 0.5) is 0 Å². The van der Waals surface area contributed by atoms with Crippen LogP contribution in [0.5, 0.6) is 0 Å². The van der Waals surface area contributed by atoms with Gasteiger partial charge in [-0.15, -0.1) is 0 Å². The highest BCUT2D eigenvalue weighted by Crippen LogP contribution is 2.19. The highest BCUT2D eigenvalue weighted by atomic mass is 16.4. The number of carbonyl (C=O) groups is 1. The van der Waals surface area contributed by atoms with Gasteiger partial charge in [-0.3, -0.25) is 4.79 Å². The van der Waals surface area contributed by atoms with Crippen LogP contribution < -0.4 is 0 Å². The van der Waals surface area contributed by atoms with Gasteiger partial charge in [0, 0.05) is 6.42 Å². The number of hydrogen-bond acceptors (Lipinski definition) is 1. The summed E-state index contributed by atoms with van der Waals surface area (Å²) in [6.45, 7) is 2.31. The fourth-order valence-electron chi connectivity index (χ4n) is 9.54. The molecule has 0 radical (unpaired) electrons. The molecule has 0 aromatic rings. The third kappa shape index (κ3) is 57.5. The second-order valence-electron chi connectivity index (χ2n) is 19.9. The maximum absolute atomic E-state index is 10.5. The Kier molecular flexibility index (Phi) is 55.0. The highest BCUT2D eigenvalue weighted by molar-refractivity contribution is 5.66. The summed E-state index contributed by atoms with van der Waals surface area (Å²) in [7, 11) is 0. The Bertz CT molecular complexity index is 732. The van der Waals surface area contributed by atoms with Crippen LogP contribution in [0.1, 0.15) is 360 Å².